The number of H-pyrrole nitrogens is 1. The van der Waals surface area contributed by atoms with Crippen molar-refractivity contribution in [1.29, 1.82) is 0 Å². The van der Waals surface area contributed by atoms with Crippen LogP contribution in [-0.4, -0.2) is 25.5 Å². The van der Waals surface area contributed by atoms with Gasteiger partial charge in [-0.3, -0.25) is 4.79 Å². The first-order chi connectivity index (χ1) is 4.85. The maximum Gasteiger partial charge on any atom is 0.151 e. The van der Waals surface area contributed by atoms with Crippen molar-refractivity contribution in [3.8, 4) is 0 Å². The molecule has 0 radical (unpaired) electrons. The van der Waals surface area contributed by atoms with Gasteiger partial charge in [-0.1, -0.05) is 0 Å². The molecule has 1 aromatic heterocycles. The fraction of sp³-hybridized carbons (Fsp3) is 0.286. The summed E-state index contributed by atoms with van der Waals surface area (Å²) in [5.74, 6) is 0. The Morgan fingerprint density at radius 3 is 2.40 bits per heavy atom. The van der Waals surface area contributed by atoms with Crippen LogP contribution in [0.25, 0.3) is 0 Å². The molecule has 0 saturated heterocycles. The molecule has 0 bridgehead atoms. The maximum absolute atomic E-state index is 9.85. The minimum atomic E-state index is 0.694. The normalized spacial score (nSPS) is 7.80. The van der Waals surface area contributed by atoms with Gasteiger partial charge in [0, 0.05) is 32.2 Å². The van der Waals surface area contributed by atoms with Gasteiger partial charge in [0.2, 0.25) is 0 Å². The summed E-state index contributed by atoms with van der Waals surface area (Å²) in [6, 6.07) is 1.72. The molecular formula is C7H11NO2. The van der Waals surface area contributed by atoms with Crippen LogP contribution < -0.4 is 0 Å². The first-order valence-electron chi connectivity index (χ1n) is 2.83. The monoisotopic (exact) mass is 141 g/mol. The average molecular weight is 141 g/mol. The fourth-order valence-corrected chi connectivity index (χ4v) is 0.410. The summed E-state index contributed by atoms with van der Waals surface area (Å²) >= 11 is 0. The molecule has 1 rings (SSSR count). The van der Waals surface area contributed by atoms with E-state index >= 15 is 0 Å². The molecule has 0 unspecified atom stereocenters. The van der Waals surface area contributed by atoms with E-state index in [9.17, 15) is 4.79 Å². The first kappa shape index (κ1) is 8.91. The molecule has 0 aliphatic rings. The lowest BCUT2D eigenvalue weighted by Crippen LogP contribution is -1.66. The van der Waals surface area contributed by atoms with E-state index in [0.29, 0.717) is 5.56 Å². The molecule has 56 valence electrons. The molecule has 3 heteroatoms. The van der Waals surface area contributed by atoms with E-state index in [2.05, 4.69) is 9.72 Å². The van der Waals surface area contributed by atoms with E-state index in [-0.39, 0.29) is 0 Å². The van der Waals surface area contributed by atoms with Crippen LogP contribution in [0.4, 0.5) is 0 Å². The molecule has 3 nitrogen and oxygen atoms in total. The average Bonchev–Trinajstić information content (AvgIpc) is 2.39. The predicted molar refractivity (Wildman–Crippen MR) is 39.1 cm³/mol. The third-order valence-corrected chi connectivity index (χ3v) is 0.758. The lowest BCUT2D eigenvalue weighted by atomic mass is 10.4. The van der Waals surface area contributed by atoms with Gasteiger partial charge in [0.15, 0.2) is 6.29 Å². The van der Waals surface area contributed by atoms with Gasteiger partial charge in [-0.25, -0.2) is 0 Å². The Kier molecular flexibility index (Phi) is 5.38. The van der Waals surface area contributed by atoms with Crippen LogP contribution in [0.2, 0.25) is 0 Å². The molecule has 0 aromatic carbocycles. The number of methoxy groups -OCH3 is 1. The molecule has 0 aliphatic carbocycles. The third kappa shape index (κ3) is 3.86. The zero-order valence-electron chi connectivity index (χ0n) is 6.13. The van der Waals surface area contributed by atoms with Gasteiger partial charge in [0.1, 0.15) is 0 Å². The Hall–Kier alpha value is -1.09. The number of aromatic amines is 1. The Labute approximate surface area is 60.0 Å². The summed E-state index contributed by atoms with van der Waals surface area (Å²) in [6.45, 7) is 0. The fourth-order valence-electron chi connectivity index (χ4n) is 0.410. The zero-order chi connectivity index (χ0) is 7.82. The minimum absolute atomic E-state index is 0.694. The standard InChI is InChI=1S/C5H5NO.C2H6O/c7-4-5-1-2-6-3-5;1-3-2/h1-4,6H;1-2H3. The van der Waals surface area contributed by atoms with Crippen molar-refractivity contribution in [2.75, 3.05) is 14.2 Å². The molecule has 0 spiro atoms. The highest BCUT2D eigenvalue weighted by Gasteiger charge is 1.81. The molecule has 0 amide bonds. The topological polar surface area (TPSA) is 42.1 Å². The van der Waals surface area contributed by atoms with Crippen LogP contribution in [0.5, 0.6) is 0 Å². The Morgan fingerprint density at radius 2 is 2.20 bits per heavy atom. The summed E-state index contributed by atoms with van der Waals surface area (Å²) < 4.78 is 4.25. The number of carbonyl (C=O) groups is 1. The summed E-state index contributed by atoms with van der Waals surface area (Å²) in [5.41, 5.74) is 0.694. The van der Waals surface area contributed by atoms with Gasteiger partial charge >= 0.3 is 0 Å². The van der Waals surface area contributed by atoms with Crippen molar-refractivity contribution in [1.82, 2.24) is 4.98 Å². The number of rotatable bonds is 1. The van der Waals surface area contributed by atoms with Crippen LogP contribution in [0, 0.1) is 0 Å². The highest BCUT2D eigenvalue weighted by molar-refractivity contribution is 5.73. The molecule has 1 heterocycles. The van der Waals surface area contributed by atoms with Crippen LogP contribution >= 0.6 is 0 Å². The molecule has 0 saturated carbocycles. The largest absolute Gasteiger partial charge is 0.388 e. The third-order valence-electron chi connectivity index (χ3n) is 0.758. The van der Waals surface area contributed by atoms with E-state index in [0.717, 1.165) is 6.29 Å². The van der Waals surface area contributed by atoms with Crippen molar-refractivity contribution in [2.24, 2.45) is 0 Å². The molecular weight excluding hydrogens is 130 g/mol. The van der Waals surface area contributed by atoms with Gasteiger partial charge in [-0.05, 0) is 6.07 Å². The van der Waals surface area contributed by atoms with Crippen molar-refractivity contribution in [3.05, 3.63) is 24.0 Å². The number of ether oxygens (including phenoxy) is 1. The Bertz CT molecular complexity index is 158. The van der Waals surface area contributed by atoms with Gasteiger partial charge in [-0.2, -0.15) is 0 Å². The second-order valence-corrected chi connectivity index (χ2v) is 1.67. The number of hydrogen-bond acceptors (Lipinski definition) is 2. The van der Waals surface area contributed by atoms with Crippen molar-refractivity contribution < 1.29 is 9.53 Å². The van der Waals surface area contributed by atoms with E-state index < -0.39 is 0 Å². The number of hydrogen-bond donors (Lipinski definition) is 1. The SMILES string of the molecule is COC.O=Cc1cc[nH]c1. The number of carbonyl (C=O) groups excluding carboxylic acids is 1. The molecule has 10 heavy (non-hydrogen) atoms. The highest BCUT2D eigenvalue weighted by atomic mass is 16.4. The number of aldehydes is 1. The van der Waals surface area contributed by atoms with Gasteiger partial charge in [-0.15, -0.1) is 0 Å². The second-order valence-electron chi connectivity index (χ2n) is 1.67. The highest BCUT2D eigenvalue weighted by Crippen LogP contribution is 1.87. The Balaban J connectivity index is 0.000000236. The smallest absolute Gasteiger partial charge is 0.151 e. The lowest BCUT2D eigenvalue weighted by Gasteiger charge is -1.66. The van der Waals surface area contributed by atoms with Crippen molar-refractivity contribution >= 4 is 6.29 Å². The van der Waals surface area contributed by atoms with E-state index in [4.69, 9.17) is 0 Å². The lowest BCUT2D eigenvalue weighted by molar-refractivity contribution is 0.112. The molecule has 1 N–H and O–H groups in total. The first-order valence-corrected chi connectivity index (χ1v) is 2.83. The van der Waals surface area contributed by atoms with E-state index in [1.165, 1.54) is 0 Å². The van der Waals surface area contributed by atoms with Crippen molar-refractivity contribution in [3.63, 3.8) is 0 Å². The molecule has 0 fully saturated rings. The van der Waals surface area contributed by atoms with Crippen LogP contribution in [0.3, 0.4) is 0 Å². The van der Waals surface area contributed by atoms with Crippen LogP contribution in [0.1, 0.15) is 10.4 Å². The number of nitrogens with one attached hydrogen (secondary N) is 1. The van der Waals surface area contributed by atoms with Crippen LogP contribution in [0.15, 0.2) is 18.5 Å². The minimum Gasteiger partial charge on any atom is -0.388 e. The quantitative estimate of drug-likeness (QED) is 0.595. The molecule has 1 aromatic rings. The zero-order valence-corrected chi connectivity index (χ0v) is 6.13. The molecule has 0 aliphatic heterocycles. The number of aromatic nitrogens is 1. The summed E-state index contributed by atoms with van der Waals surface area (Å²) in [4.78, 5) is 12.6. The summed E-state index contributed by atoms with van der Waals surface area (Å²) in [6.07, 6.45) is 4.16. The summed E-state index contributed by atoms with van der Waals surface area (Å²) in [7, 11) is 3.25. The van der Waals surface area contributed by atoms with E-state index in [1.807, 2.05) is 0 Å². The maximum atomic E-state index is 9.85. The van der Waals surface area contributed by atoms with Crippen molar-refractivity contribution in [2.45, 2.75) is 0 Å². The Morgan fingerprint density at radius 1 is 1.60 bits per heavy atom. The second kappa shape index (κ2) is 6.04. The van der Waals surface area contributed by atoms with Crippen LogP contribution in [-0.2, 0) is 4.74 Å². The van der Waals surface area contributed by atoms with Gasteiger partial charge in [0.25, 0.3) is 0 Å². The van der Waals surface area contributed by atoms with E-state index in [1.54, 1.807) is 32.7 Å². The van der Waals surface area contributed by atoms with Gasteiger partial charge in [0.05, 0.1) is 0 Å². The molecule has 0 atom stereocenters. The predicted octanol–water partition coefficient (Wildman–Crippen LogP) is 1.09. The summed E-state index contributed by atoms with van der Waals surface area (Å²) in [5, 5.41) is 0. The van der Waals surface area contributed by atoms with Gasteiger partial charge < -0.3 is 9.72 Å².